The van der Waals surface area contributed by atoms with E-state index in [1.165, 1.54) is 28.9 Å². The maximum Gasteiger partial charge on any atom is 0.250 e. The van der Waals surface area contributed by atoms with E-state index in [-0.39, 0.29) is 5.95 Å². The van der Waals surface area contributed by atoms with Crippen LogP contribution < -0.4 is 5.32 Å². The van der Waals surface area contributed by atoms with Crippen molar-refractivity contribution in [2.24, 2.45) is 0 Å². The minimum atomic E-state index is -0.445. The summed E-state index contributed by atoms with van der Waals surface area (Å²) in [5.41, 5.74) is 1.15. The van der Waals surface area contributed by atoms with Gasteiger partial charge in [0, 0.05) is 6.08 Å². The molecule has 0 aliphatic carbocycles. The van der Waals surface area contributed by atoms with E-state index in [0.29, 0.717) is 15.7 Å². The van der Waals surface area contributed by atoms with Crippen LogP contribution in [0.1, 0.15) is 5.56 Å². The molecule has 0 saturated heterocycles. The van der Waals surface area contributed by atoms with Crippen LogP contribution in [-0.4, -0.2) is 20.5 Å². The van der Waals surface area contributed by atoms with Gasteiger partial charge in [0.1, 0.15) is 5.82 Å². The van der Waals surface area contributed by atoms with Gasteiger partial charge in [-0.15, -0.1) is 5.10 Å². The van der Waals surface area contributed by atoms with Crippen molar-refractivity contribution in [2.45, 2.75) is 0 Å². The van der Waals surface area contributed by atoms with E-state index in [9.17, 15) is 9.18 Å². The maximum absolute atomic E-state index is 13.1. The van der Waals surface area contributed by atoms with Crippen LogP contribution in [0, 0.1) is 5.82 Å². The average molecular weight is 351 g/mol. The van der Waals surface area contributed by atoms with Crippen LogP contribution >= 0.6 is 23.2 Å². The lowest BCUT2D eigenvalue weighted by Crippen LogP contribution is -2.09. The third-order valence-corrected chi connectivity index (χ3v) is 3.64. The molecule has 23 heavy (non-hydrogen) atoms. The van der Waals surface area contributed by atoms with Gasteiger partial charge >= 0.3 is 0 Å². The fourth-order valence-corrected chi connectivity index (χ4v) is 2.16. The molecule has 1 aromatic carbocycles. The zero-order valence-electron chi connectivity index (χ0n) is 11.5. The van der Waals surface area contributed by atoms with Crippen LogP contribution in [0.3, 0.4) is 0 Å². The predicted molar refractivity (Wildman–Crippen MR) is 87.1 cm³/mol. The quantitative estimate of drug-likeness (QED) is 0.730. The van der Waals surface area contributed by atoms with E-state index in [2.05, 4.69) is 15.4 Å². The molecule has 0 radical (unpaired) electrons. The maximum atomic E-state index is 13.1. The number of carbonyl (C=O) groups excluding carboxylic acids is 1. The molecular weight excluding hydrogens is 342 g/mol. The van der Waals surface area contributed by atoms with Crippen molar-refractivity contribution < 1.29 is 9.18 Å². The second-order valence-electron chi connectivity index (χ2n) is 4.58. The van der Waals surface area contributed by atoms with Gasteiger partial charge in [-0.1, -0.05) is 29.3 Å². The molecule has 1 N–H and O–H groups in total. The number of benzene rings is 1. The number of rotatable bonds is 3. The number of aromatic nitrogens is 3. The summed E-state index contributed by atoms with van der Waals surface area (Å²) in [5.74, 6) is -0.786. The molecule has 8 heteroatoms. The second-order valence-corrected chi connectivity index (χ2v) is 5.40. The highest BCUT2D eigenvalue weighted by molar-refractivity contribution is 6.42. The van der Waals surface area contributed by atoms with Gasteiger partial charge < -0.3 is 0 Å². The van der Waals surface area contributed by atoms with E-state index in [1.54, 1.807) is 24.3 Å². The molecule has 2 heterocycles. The van der Waals surface area contributed by atoms with Crippen LogP contribution in [0.15, 0.2) is 42.6 Å². The van der Waals surface area contributed by atoms with Crippen LogP contribution in [0.25, 0.3) is 11.7 Å². The topological polar surface area (TPSA) is 59.3 Å². The summed E-state index contributed by atoms with van der Waals surface area (Å²) in [7, 11) is 0. The number of pyridine rings is 1. The Bertz CT molecular complexity index is 923. The molecule has 3 aromatic rings. The summed E-state index contributed by atoms with van der Waals surface area (Å²) in [4.78, 5) is 15.9. The molecule has 0 unspecified atom stereocenters. The fourth-order valence-electron chi connectivity index (χ4n) is 1.85. The van der Waals surface area contributed by atoms with Gasteiger partial charge in [-0.3, -0.25) is 10.1 Å². The number of amides is 1. The van der Waals surface area contributed by atoms with Gasteiger partial charge in [-0.2, -0.15) is 4.98 Å². The zero-order valence-corrected chi connectivity index (χ0v) is 13.0. The van der Waals surface area contributed by atoms with E-state index in [0.717, 1.165) is 5.56 Å². The highest BCUT2D eigenvalue weighted by atomic mass is 35.5. The Hall–Kier alpha value is -2.44. The molecule has 0 atom stereocenters. The zero-order chi connectivity index (χ0) is 16.4. The first-order chi connectivity index (χ1) is 11.0. The Balaban J connectivity index is 1.72. The van der Waals surface area contributed by atoms with Gasteiger partial charge in [0.2, 0.25) is 5.95 Å². The van der Waals surface area contributed by atoms with Crippen LogP contribution in [0.4, 0.5) is 10.3 Å². The normalized spacial score (nSPS) is 11.3. The Morgan fingerprint density at radius 1 is 1.22 bits per heavy atom. The van der Waals surface area contributed by atoms with Crippen LogP contribution in [0.5, 0.6) is 0 Å². The van der Waals surface area contributed by atoms with E-state index in [4.69, 9.17) is 23.2 Å². The summed E-state index contributed by atoms with van der Waals surface area (Å²) < 4.78 is 14.3. The first-order valence-electron chi connectivity index (χ1n) is 6.47. The van der Waals surface area contributed by atoms with Crippen molar-refractivity contribution in [1.29, 1.82) is 0 Å². The SMILES string of the molecule is O=C(C=Cc1ccc(Cl)c(Cl)c1)Nc1nc2ccc(F)cn2n1. The number of anilines is 1. The average Bonchev–Trinajstić information content (AvgIpc) is 2.89. The summed E-state index contributed by atoms with van der Waals surface area (Å²) in [6, 6.07) is 7.73. The number of hydrogen-bond acceptors (Lipinski definition) is 3. The smallest absolute Gasteiger partial charge is 0.250 e. The van der Waals surface area contributed by atoms with Gasteiger partial charge in [0.05, 0.1) is 16.2 Å². The standard InChI is InChI=1S/C15H9Cl2FN4O/c16-11-4-1-9(7-12(11)17)2-6-14(23)20-15-19-13-5-3-10(18)8-22(13)21-15/h1-8H,(H,20,21,23). The van der Waals surface area contributed by atoms with Crippen molar-refractivity contribution >= 4 is 46.8 Å². The number of carbonyl (C=O) groups is 1. The Kier molecular flexibility index (Phi) is 4.27. The summed E-state index contributed by atoms with van der Waals surface area (Å²) >= 11 is 11.7. The van der Waals surface area contributed by atoms with Gasteiger partial charge in [-0.25, -0.2) is 8.91 Å². The van der Waals surface area contributed by atoms with Crippen molar-refractivity contribution in [3.63, 3.8) is 0 Å². The number of nitrogens with zero attached hydrogens (tertiary/aromatic N) is 3. The van der Waals surface area contributed by atoms with E-state index >= 15 is 0 Å². The van der Waals surface area contributed by atoms with Gasteiger partial charge in [0.15, 0.2) is 5.65 Å². The number of halogens is 3. The minimum Gasteiger partial charge on any atom is -0.290 e. The van der Waals surface area contributed by atoms with E-state index < -0.39 is 11.7 Å². The largest absolute Gasteiger partial charge is 0.290 e. The highest BCUT2D eigenvalue weighted by Gasteiger charge is 2.06. The Labute approximate surface area is 140 Å². The number of fused-ring (bicyclic) bond motifs is 1. The third kappa shape index (κ3) is 3.67. The number of hydrogen-bond donors (Lipinski definition) is 1. The molecule has 0 saturated carbocycles. The lowest BCUT2D eigenvalue weighted by molar-refractivity contribution is -0.111. The van der Waals surface area contributed by atoms with Crippen molar-refractivity contribution in [2.75, 3.05) is 5.32 Å². The van der Waals surface area contributed by atoms with Crippen molar-refractivity contribution in [3.05, 3.63) is 64.0 Å². The van der Waals surface area contributed by atoms with Gasteiger partial charge in [-0.05, 0) is 35.9 Å². The summed E-state index contributed by atoms with van der Waals surface area (Å²) in [6.45, 7) is 0. The monoisotopic (exact) mass is 350 g/mol. The molecule has 0 fully saturated rings. The second kappa shape index (κ2) is 6.36. The molecule has 116 valence electrons. The molecule has 0 bridgehead atoms. The lowest BCUT2D eigenvalue weighted by atomic mass is 10.2. The van der Waals surface area contributed by atoms with Crippen LogP contribution in [-0.2, 0) is 4.79 Å². The van der Waals surface area contributed by atoms with Crippen LogP contribution in [0.2, 0.25) is 10.0 Å². The first kappa shape index (κ1) is 15.5. The molecule has 3 rings (SSSR count). The summed E-state index contributed by atoms with van der Waals surface area (Å²) in [5, 5.41) is 7.29. The fraction of sp³-hybridized carbons (Fsp3) is 0. The molecule has 0 aliphatic heterocycles. The Morgan fingerprint density at radius 2 is 2.04 bits per heavy atom. The lowest BCUT2D eigenvalue weighted by Gasteiger charge is -1.98. The molecular formula is C15H9Cl2FN4O. The third-order valence-electron chi connectivity index (χ3n) is 2.90. The number of nitrogens with one attached hydrogen (secondary N) is 1. The predicted octanol–water partition coefficient (Wildman–Crippen LogP) is 3.83. The highest BCUT2D eigenvalue weighted by Crippen LogP contribution is 2.23. The first-order valence-corrected chi connectivity index (χ1v) is 7.23. The molecule has 0 spiro atoms. The molecule has 0 aliphatic rings. The summed E-state index contributed by atoms with van der Waals surface area (Å²) in [6.07, 6.45) is 4.06. The van der Waals surface area contributed by atoms with E-state index in [1.807, 2.05) is 0 Å². The molecule has 5 nitrogen and oxygen atoms in total. The Morgan fingerprint density at radius 3 is 2.83 bits per heavy atom. The molecule has 1 amide bonds. The van der Waals surface area contributed by atoms with Gasteiger partial charge in [0.25, 0.3) is 5.91 Å². The minimum absolute atomic E-state index is 0.0828. The van der Waals surface area contributed by atoms with Crippen molar-refractivity contribution in [1.82, 2.24) is 14.6 Å². The molecule has 2 aromatic heterocycles. The van der Waals surface area contributed by atoms with Crippen molar-refractivity contribution in [3.8, 4) is 0 Å².